The van der Waals surface area contributed by atoms with E-state index in [1.165, 1.54) is 6.08 Å². The Balaban J connectivity index is 1.52. The lowest BCUT2D eigenvalue weighted by atomic mass is 10.1. The summed E-state index contributed by atoms with van der Waals surface area (Å²) >= 11 is 6.00. The minimum absolute atomic E-state index is 0.265. The second-order valence-corrected chi connectivity index (χ2v) is 7.12. The number of nitrogens with one attached hydrogen (secondary N) is 2. The first-order valence-electron chi connectivity index (χ1n) is 9.70. The van der Waals surface area contributed by atoms with Crippen molar-refractivity contribution >= 4 is 29.5 Å². The van der Waals surface area contributed by atoms with Gasteiger partial charge in [0.25, 0.3) is 11.8 Å². The number of pyridine rings is 1. The third-order valence-electron chi connectivity index (χ3n) is 4.53. The Hall–Kier alpha value is -4.23. The summed E-state index contributed by atoms with van der Waals surface area (Å²) in [7, 11) is 0. The summed E-state index contributed by atoms with van der Waals surface area (Å²) in [6.07, 6.45) is 8.16. The van der Waals surface area contributed by atoms with E-state index in [0.717, 1.165) is 16.8 Å². The maximum Gasteiger partial charge on any atom is 0.271 e. The number of halogens is 1. The number of hydrazine groups is 1. The Labute approximate surface area is 189 Å². The lowest BCUT2D eigenvalue weighted by Crippen LogP contribution is -2.40. The van der Waals surface area contributed by atoms with E-state index in [4.69, 9.17) is 11.6 Å². The van der Waals surface area contributed by atoms with Crippen molar-refractivity contribution in [1.29, 1.82) is 0 Å². The Kier molecular flexibility index (Phi) is 6.38. The summed E-state index contributed by atoms with van der Waals surface area (Å²) in [6.45, 7) is 0. The van der Waals surface area contributed by atoms with E-state index in [0.29, 0.717) is 10.7 Å². The molecule has 4 aromatic rings. The molecular formula is C24H18ClN5O2. The van der Waals surface area contributed by atoms with Crippen LogP contribution < -0.4 is 10.9 Å². The predicted molar refractivity (Wildman–Crippen MR) is 123 cm³/mol. The average Bonchev–Trinajstić information content (AvgIpc) is 3.27. The monoisotopic (exact) mass is 443 g/mol. The molecule has 0 unspecified atom stereocenters. The van der Waals surface area contributed by atoms with E-state index >= 15 is 0 Å². The fraction of sp³-hybridized carbons (Fsp3) is 0. The number of aromatic nitrogens is 3. The second kappa shape index (κ2) is 9.72. The van der Waals surface area contributed by atoms with Crippen molar-refractivity contribution in [2.45, 2.75) is 0 Å². The first-order chi connectivity index (χ1) is 15.6. The van der Waals surface area contributed by atoms with Crippen molar-refractivity contribution in [3.63, 3.8) is 0 Å². The molecule has 0 saturated carbocycles. The number of nitrogens with zero attached hydrogens (tertiary/aromatic N) is 3. The van der Waals surface area contributed by atoms with Crippen LogP contribution in [0.3, 0.4) is 0 Å². The molecule has 0 spiro atoms. The van der Waals surface area contributed by atoms with Gasteiger partial charge >= 0.3 is 0 Å². The number of rotatable bonds is 5. The number of para-hydroxylation sites is 1. The van der Waals surface area contributed by atoms with Crippen LogP contribution in [0, 0.1) is 0 Å². The molecule has 0 fully saturated rings. The van der Waals surface area contributed by atoms with Gasteiger partial charge in [0, 0.05) is 35.8 Å². The molecule has 2 N–H and O–H groups in total. The average molecular weight is 444 g/mol. The molecule has 0 atom stereocenters. The molecule has 158 valence electrons. The molecule has 4 rings (SSSR count). The number of benzene rings is 2. The molecule has 2 aromatic heterocycles. The van der Waals surface area contributed by atoms with Gasteiger partial charge in [-0.1, -0.05) is 41.9 Å². The van der Waals surface area contributed by atoms with Crippen molar-refractivity contribution in [3.8, 4) is 16.9 Å². The van der Waals surface area contributed by atoms with Gasteiger partial charge in [-0.05, 0) is 42.5 Å². The zero-order chi connectivity index (χ0) is 22.3. The molecule has 0 aliphatic carbocycles. The summed E-state index contributed by atoms with van der Waals surface area (Å²) in [5, 5.41) is 4.96. The Morgan fingerprint density at radius 1 is 0.938 bits per heavy atom. The summed E-state index contributed by atoms with van der Waals surface area (Å²) in [6, 6.07) is 19.9. The quantitative estimate of drug-likeness (QED) is 0.359. The fourth-order valence-corrected chi connectivity index (χ4v) is 3.21. The van der Waals surface area contributed by atoms with Gasteiger partial charge in [-0.25, -0.2) is 4.68 Å². The lowest BCUT2D eigenvalue weighted by Gasteiger charge is -2.06. The molecular weight excluding hydrogens is 426 g/mol. The highest BCUT2D eigenvalue weighted by Gasteiger charge is 2.12. The summed E-state index contributed by atoms with van der Waals surface area (Å²) in [5.74, 6) is -1.01. The van der Waals surface area contributed by atoms with Crippen LogP contribution in [0.4, 0.5) is 0 Å². The van der Waals surface area contributed by atoms with Gasteiger partial charge in [0.15, 0.2) is 0 Å². The highest BCUT2D eigenvalue weighted by atomic mass is 35.5. The van der Waals surface area contributed by atoms with E-state index in [1.54, 1.807) is 47.4 Å². The van der Waals surface area contributed by atoms with Gasteiger partial charge in [0.05, 0.1) is 16.3 Å². The van der Waals surface area contributed by atoms with Crippen molar-refractivity contribution in [2.75, 3.05) is 0 Å². The van der Waals surface area contributed by atoms with Gasteiger partial charge in [0.2, 0.25) is 0 Å². The highest BCUT2D eigenvalue weighted by molar-refractivity contribution is 6.33. The van der Waals surface area contributed by atoms with Crippen LogP contribution in [-0.4, -0.2) is 26.6 Å². The van der Waals surface area contributed by atoms with E-state index in [-0.39, 0.29) is 5.56 Å². The predicted octanol–water partition coefficient (Wildman–Crippen LogP) is 4.06. The van der Waals surface area contributed by atoms with Gasteiger partial charge in [-0.3, -0.25) is 25.4 Å². The lowest BCUT2D eigenvalue weighted by molar-refractivity contribution is -0.117. The highest BCUT2D eigenvalue weighted by Crippen LogP contribution is 2.24. The van der Waals surface area contributed by atoms with Gasteiger partial charge < -0.3 is 0 Å². The Morgan fingerprint density at radius 3 is 2.47 bits per heavy atom. The molecule has 2 amide bonds. The first kappa shape index (κ1) is 21.0. The van der Waals surface area contributed by atoms with Crippen molar-refractivity contribution in [2.24, 2.45) is 0 Å². The van der Waals surface area contributed by atoms with Crippen LogP contribution in [0.2, 0.25) is 5.02 Å². The maximum absolute atomic E-state index is 12.3. The van der Waals surface area contributed by atoms with Crippen LogP contribution in [0.25, 0.3) is 23.0 Å². The van der Waals surface area contributed by atoms with E-state index in [1.807, 2.05) is 48.7 Å². The standard InChI is InChI=1S/C24H18ClN5O2/c25-21-11-5-4-10-20(21)24(32)28-27-22(31)13-12-18-16-30(19-8-2-1-3-9-19)29-23(18)17-7-6-14-26-15-17/h1-16H,(H,27,31)(H,28,32)/b13-12+. The number of hydrogen-bond acceptors (Lipinski definition) is 4. The molecule has 8 heteroatoms. The third-order valence-corrected chi connectivity index (χ3v) is 4.86. The third kappa shape index (κ3) is 4.91. The second-order valence-electron chi connectivity index (χ2n) is 6.71. The largest absolute Gasteiger partial charge is 0.271 e. The normalized spacial score (nSPS) is 10.8. The number of hydrogen-bond donors (Lipinski definition) is 2. The van der Waals surface area contributed by atoms with E-state index in [9.17, 15) is 9.59 Å². The Bertz CT molecular complexity index is 1270. The number of carbonyl (C=O) groups excluding carboxylic acids is 2. The molecule has 2 heterocycles. The van der Waals surface area contributed by atoms with Gasteiger partial charge in [-0.2, -0.15) is 5.10 Å². The topological polar surface area (TPSA) is 88.9 Å². The SMILES string of the molecule is O=C(/C=C/c1cn(-c2ccccc2)nc1-c1cccnc1)NNC(=O)c1ccccc1Cl. The van der Waals surface area contributed by atoms with E-state index < -0.39 is 11.8 Å². The summed E-state index contributed by atoms with van der Waals surface area (Å²) in [4.78, 5) is 28.6. The van der Waals surface area contributed by atoms with Crippen LogP contribution in [0.5, 0.6) is 0 Å². The van der Waals surface area contributed by atoms with E-state index in [2.05, 4.69) is 20.9 Å². The van der Waals surface area contributed by atoms with Crippen LogP contribution in [0.1, 0.15) is 15.9 Å². The van der Waals surface area contributed by atoms with Crippen molar-refractivity contribution in [1.82, 2.24) is 25.6 Å². The molecule has 0 radical (unpaired) electrons. The summed E-state index contributed by atoms with van der Waals surface area (Å²) < 4.78 is 1.74. The molecule has 0 bridgehead atoms. The molecule has 32 heavy (non-hydrogen) atoms. The minimum Gasteiger partial charge on any atom is -0.268 e. The summed E-state index contributed by atoms with van der Waals surface area (Å²) in [5.41, 5.74) is 8.05. The molecule has 0 aliphatic rings. The van der Waals surface area contributed by atoms with Gasteiger partial charge in [0.1, 0.15) is 5.69 Å². The molecule has 2 aromatic carbocycles. The molecule has 0 aliphatic heterocycles. The fourth-order valence-electron chi connectivity index (χ4n) is 2.99. The zero-order valence-electron chi connectivity index (χ0n) is 16.8. The first-order valence-corrected chi connectivity index (χ1v) is 10.1. The smallest absolute Gasteiger partial charge is 0.268 e. The van der Waals surface area contributed by atoms with Crippen LogP contribution in [-0.2, 0) is 4.79 Å². The Morgan fingerprint density at radius 2 is 1.72 bits per heavy atom. The van der Waals surface area contributed by atoms with Crippen molar-refractivity contribution in [3.05, 3.63) is 108 Å². The number of carbonyl (C=O) groups is 2. The minimum atomic E-state index is -0.509. The van der Waals surface area contributed by atoms with Crippen LogP contribution in [0.15, 0.2) is 91.4 Å². The molecule has 7 nitrogen and oxygen atoms in total. The van der Waals surface area contributed by atoms with Gasteiger partial charge in [-0.15, -0.1) is 0 Å². The number of amides is 2. The maximum atomic E-state index is 12.3. The zero-order valence-corrected chi connectivity index (χ0v) is 17.5. The van der Waals surface area contributed by atoms with Crippen molar-refractivity contribution < 1.29 is 9.59 Å². The van der Waals surface area contributed by atoms with Crippen LogP contribution >= 0.6 is 11.6 Å². The molecule has 0 saturated heterocycles.